The van der Waals surface area contributed by atoms with Crippen LogP contribution in [0.1, 0.15) is 66.8 Å². The first kappa shape index (κ1) is 46.7. The van der Waals surface area contributed by atoms with E-state index >= 15 is 0 Å². The van der Waals surface area contributed by atoms with Gasteiger partial charge in [0.1, 0.15) is 11.4 Å². The molecule has 0 atom stereocenters. The van der Waals surface area contributed by atoms with Gasteiger partial charge in [-0.05, 0) is 80.3 Å². The number of aromatic nitrogens is 4. The van der Waals surface area contributed by atoms with Crippen molar-refractivity contribution in [3.05, 3.63) is 107 Å². The maximum atomic E-state index is 13.3. The number of fused-ring (bicyclic) bond motifs is 6. The predicted molar refractivity (Wildman–Crippen MR) is 252 cm³/mol. The van der Waals surface area contributed by atoms with Gasteiger partial charge in [-0.25, -0.2) is 9.78 Å². The monoisotopic (exact) mass is 894 g/mol. The van der Waals surface area contributed by atoms with Gasteiger partial charge in [0.2, 0.25) is 5.75 Å². The van der Waals surface area contributed by atoms with Gasteiger partial charge in [0.25, 0.3) is 0 Å². The number of benzene rings is 4. The Morgan fingerprint density at radius 3 is 1.64 bits per heavy atom. The molecule has 0 radical (unpaired) electrons. The Hall–Kier alpha value is -7.25. The summed E-state index contributed by atoms with van der Waals surface area (Å²) in [6, 6.07) is 28.4. The number of carbonyl (C=O) groups is 1. The third kappa shape index (κ3) is 8.90. The molecule has 4 heterocycles. The number of hydrogen-bond donors (Lipinski definition) is 2. The van der Waals surface area contributed by atoms with Crippen molar-refractivity contribution in [1.29, 1.82) is 0 Å². The fraction of sp³-hybridized carbons (Fsp3) is 0.308. The van der Waals surface area contributed by atoms with E-state index < -0.39 is 5.97 Å². The Bertz CT molecular complexity index is 3020. The number of ether oxygens (including phenoxy) is 5. The molecule has 2 N–H and O–H groups in total. The second-order valence-electron chi connectivity index (χ2n) is 15.6. The first-order valence-electron chi connectivity index (χ1n) is 22.0. The van der Waals surface area contributed by atoms with Crippen LogP contribution in [-0.4, -0.2) is 76.5 Å². The van der Waals surface area contributed by atoms with Crippen LogP contribution in [-0.2, 0) is 47.1 Å². The minimum absolute atomic E-state index is 0.223. The quantitative estimate of drug-likeness (QED) is 0.0618. The van der Waals surface area contributed by atoms with Crippen molar-refractivity contribution in [2.45, 2.75) is 72.3 Å². The average molecular weight is 895 g/mol. The highest BCUT2D eigenvalue weighted by molar-refractivity contribution is 6.14. The SMILES string of the molecule is CCOC(=O)c1cc2c3ccccc3n(CCCCCCn3c4ccccc4c4cc(CC)nc(-c5cc(CO)c(CO)c(OC)c5)c43)c2c(-c2cc(OC)c(OC)c(OC)c2)n1.O=C=O. The van der Waals surface area contributed by atoms with Crippen molar-refractivity contribution in [3.63, 3.8) is 0 Å². The van der Waals surface area contributed by atoms with Gasteiger partial charge in [0.05, 0.1) is 70.7 Å². The molecule has 0 saturated heterocycles. The van der Waals surface area contributed by atoms with E-state index in [0.29, 0.717) is 45.4 Å². The Morgan fingerprint density at radius 1 is 0.621 bits per heavy atom. The van der Waals surface area contributed by atoms with Crippen LogP contribution >= 0.6 is 0 Å². The normalized spacial score (nSPS) is 11.2. The third-order valence-corrected chi connectivity index (χ3v) is 12.0. The van der Waals surface area contributed by atoms with Gasteiger partial charge in [-0.15, -0.1) is 0 Å². The van der Waals surface area contributed by atoms with Crippen LogP contribution in [0.2, 0.25) is 0 Å². The van der Waals surface area contributed by atoms with Crippen LogP contribution in [0.5, 0.6) is 23.0 Å². The largest absolute Gasteiger partial charge is 0.496 e. The summed E-state index contributed by atoms with van der Waals surface area (Å²) < 4.78 is 33.0. The highest BCUT2D eigenvalue weighted by atomic mass is 16.5. The molecule has 0 amide bonds. The molecule has 0 fully saturated rings. The topological polar surface area (TPSA) is 173 Å². The van der Waals surface area contributed by atoms with E-state index in [1.807, 2.05) is 42.5 Å². The van der Waals surface area contributed by atoms with Crippen molar-refractivity contribution in [3.8, 4) is 45.5 Å². The van der Waals surface area contributed by atoms with Crippen molar-refractivity contribution in [1.82, 2.24) is 19.1 Å². The fourth-order valence-electron chi connectivity index (χ4n) is 9.01. The van der Waals surface area contributed by atoms with Gasteiger partial charge in [-0.2, -0.15) is 9.59 Å². The third-order valence-electron chi connectivity index (χ3n) is 12.0. The molecular formula is C52H54N4O10. The molecule has 0 aliphatic carbocycles. The van der Waals surface area contributed by atoms with Crippen LogP contribution in [0.25, 0.3) is 66.1 Å². The van der Waals surface area contributed by atoms with Crippen LogP contribution in [0, 0.1) is 0 Å². The zero-order chi connectivity index (χ0) is 46.9. The molecule has 4 aromatic carbocycles. The van der Waals surface area contributed by atoms with Gasteiger partial charge in [0, 0.05) is 68.1 Å². The lowest BCUT2D eigenvalue weighted by molar-refractivity contribution is -0.191. The van der Waals surface area contributed by atoms with Gasteiger partial charge >= 0.3 is 12.1 Å². The predicted octanol–water partition coefficient (Wildman–Crippen LogP) is 9.46. The van der Waals surface area contributed by atoms with Gasteiger partial charge < -0.3 is 43.0 Å². The smallest absolute Gasteiger partial charge is 0.373 e. The number of nitrogens with zero attached hydrogens (tertiary/aromatic N) is 4. The highest BCUT2D eigenvalue weighted by Gasteiger charge is 2.24. The lowest BCUT2D eigenvalue weighted by Gasteiger charge is -2.16. The summed E-state index contributed by atoms with van der Waals surface area (Å²) in [6.07, 6.45) is 4.82. The summed E-state index contributed by atoms with van der Waals surface area (Å²) in [4.78, 5) is 39.7. The van der Waals surface area contributed by atoms with E-state index in [0.717, 1.165) is 100 Å². The highest BCUT2D eigenvalue weighted by Crippen LogP contribution is 2.44. The molecule has 14 heteroatoms. The zero-order valence-electron chi connectivity index (χ0n) is 38.1. The number of hydrogen-bond acceptors (Lipinski definition) is 12. The number of methoxy groups -OCH3 is 4. The lowest BCUT2D eigenvalue weighted by atomic mass is 9.99. The summed E-state index contributed by atoms with van der Waals surface area (Å²) in [5, 5.41) is 24.7. The van der Waals surface area contributed by atoms with E-state index in [9.17, 15) is 15.0 Å². The zero-order valence-corrected chi connectivity index (χ0v) is 38.1. The molecule has 0 saturated carbocycles. The molecule has 0 aliphatic heterocycles. The molecule has 0 unspecified atom stereocenters. The number of aryl methyl sites for hydroxylation is 3. The van der Waals surface area contributed by atoms with Crippen molar-refractivity contribution < 1.29 is 48.3 Å². The Morgan fingerprint density at radius 2 is 1.14 bits per heavy atom. The summed E-state index contributed by atoms with van der Waals surface area (Å²) in [5.74, 6) is 1.46. The molecule has 14 nitrogen and oxygen atoms in total. The van der Waals surface area contributed by atoms with E-state index in [1.165, 1.54) is 5.39 Å². The minimum atomic E-state index is -0.490. The summed E-state index contributed by atoms with van der Waals surface area (Å²) in [6.45, 7) is 5.16. The number of pyridine rings is 2. The van der Waals surface area contributed by atoms with Crippen LogP contribution in [0.3, 0.4) is 0 Å². The molecular weight excluding hydrogens is 841 g/mol. The molecule has 0 bridgehead atoms. The van der Waals surface area contributed by atoms with Crippen LogP contribution in [0.4, 0.5) is 0 Å². The molecule has 4 aromatic heterocycles. The summed E-state index contributed by atoms with van der Waals surface area (Å²) >= 11 is 0. The van der Waals surface area contributed by atoms with E-state index in [-0.39, 0.29) is 31.7 Å². The Balaban J connectivity index is 0.00000210. The number of para-hydroxylation sites is 2. The number of rotatable bonds is 18. The fourth-order valence-corrected chi connectivity index (χ4v) is 9.01. The molecule has 342 valence electrons. The first-order valence-corrected chi connectivity index (χ1v) is 22.0. The molecule has 8 aromatic rings. The number of carbonyl (C=O) groups excluding carboxylic acids is 3. The summed E-state index contributed by atoms with van der Waals surface area (Å²) in [7, 11) is 6.31. The maximum absolute atomic E-state index is 13.3. The van der Waals surface area contributed by atoms with Crippen molar-refractivity contribution >= 4 is 55.7 Å². The Labute approximate surface area is 382 Å². The van der Waals surface area contributed by atoms with Gasteiger partial charge in [0.15, 0.2) is 11.5 Å². The maximum Gasteiger partial charge on any atom is 0.373 e. The first-order chi connectivity index (χ1) is 32.2. The molecule has 0 aliphatic rings. The molecule has 66 heavy (non-hydrogen) atoms. The van der Waals surface area contributed by atoms with E-state index in [2.05, 4.69) is 58.5 Å². The van der Waals surface area contributed by atoms with Crippen LogP contribution in [0.15, 0.2) is 84.9 Å². The standard InChI is InChI=1S/C51H54N4O8.CO2/c1-7-34-27-37-35-17-11-13-19-41(35)54(48(37)46(52-34)31-23-33(29-56)39(30-57)43(24-31)59-3)21-15-9-10-16-22-55-42-20-14-12-18-36(42)38-28-40(51(58)63-8-2)53-47(49(38)55)32-25-44(60-4)50(62-6)45(26-32)61-5;2-1-3/h11-14,17-20,23-28,56-57H,7-10,15-16,21-22,29-30H2,1-6H3;. The number of aliphatic hydroxyl groups is 2. The van der Waals surface area contributed by atoms with Crippen molar-refractivity contribution in [2.24, 2.45) is 0 Å². The van der Waals surface area contributed by atoms with Gasteiger partial charge in [-0.3, -0.25) is 4.98 Å². The minimum Gasteiger partial charge on any atom is -0.496 e. The van der Waals surface area contributed by atoms with E-state index in [1.54, 1.807) is 35.4 Å². The average Bonchev–Trinajstić information content (AvgIpc) is 3.85. The van der Waals surface area contributed by atoms with Crippen molar-refractivity contribution in [2.75, 3.05) is 35.0 Å². The summed E-state index contributed by atoms with van der Waals surface area (Å²) in [5.41, 5.74) is 9.50. The lowest BCUT2D eigenvalue weighted by Crippen LogP contribution is -2.09. The number of unbranched alkanes of at least 4 members (excludes halogenated alkanes) is 3. The second kappa shape index (κ2) is 21.2. The van der Waals surface area contributed by atoms with Crippen LogP contribution < -0.4 is 18.9 Å². The second-order valence-corrected chi connectivity index (χ2v) is 15.6. The number of esters is 1. The van der Waals surface area contributed by atoms with Gasteiger partial charge in [-0.1, -0.05) is 56.2 Å². The molecule has 8 rings (SSSR count). The number of aliphatic hydroxyl groups excluding tert-OH is 2. The van der Waals surface area contributed by atoms with E-state index in [4.69, 9.17) is 43.2 Å². The molecule has 0 spiro atoms. The Kier molecular flexibility index (Phi) is 15.0.